The number of rotatable bonds is 5. The highest BCUT2D eigenvalue weighted by Gasteiger charge is 2.28. The zero-order valence-corrected chi connectivity index (χ0v) is 11.9. The van der Waals surface area contributed by atoms with E-state index in [-0.39, 0.29) is 11.1 Å². The maximum absolute atomic E-state index is 5.70. The van der Waals surface area contributed by atoms with E-state index in [1.807, 2.05) is 14.0 Å². The van der Waals surface area contributed by atoms with Gasteiger partial charge in [0.2, 0.25) is 0 Å². The lowest BCUT2D eigenvalue weighted by Crippen LogP contribution is -2.33. The van der Waals surface area contributed by atoms with Gasteiger partial charge in [0.15, 0.2) is 0 Å². The van der Waals surface area contributed by atoms with Crippen LogP contribution in [0.2, 0.25) is 0 Å². The molecule has 0 saturated carbocycles. The lowest BCUT2D eigenvalue weighted by Gasteiger charge is -2.23. The quantitative estimate of drug-likeness (QED) is 0.862. The summed E-state index contributed by atoms with van der Waals surface area (Å²) in [5, 5.41) is 6.40. The Labute approximate surface area is 102 Å². The van der Waals surface area contributed by atoms with Gasteiger partial charge in [-0.15, -0.1) is 11.3 Å². The Morgan fingerprint density at radius 3 is 2.50 bits per heavy atom. The fourth-order valence-electron chi connectivity index (χ4n) is 1.39. The van der Waals surface area contributed by atoms with E-state index in [2.05, 4.69) is 43.4 Å². The molecule has 0 radical (unpaired) electrons. The first-order chi connectivity index (χ1) is 7.33. The van der Waals surface area contributed by atoms with Gasteiger partial charge in [0.1, 0.15) is 10.6 Å². The van der Waals surface area contributed by atoms with Crippen molar-refractivity contribution in [1.82, 2.24) is 10.3 Å². The summed E-state index contributed by atoms with van der Waals surface area (Å²) in [6.07, 6.45) is 0. The minimum atomic E-state index is -0.290. The van der Waals surface area contributed by atoms with Crippen LogP contribution in [-0.4, -0.2) is 18.6 Å². The molecule has 0 aromatic carbocycles. The van der Waals surface area contributed by atoms with Crippen molar-refractivity contribution in [3.05, 3.63) is 16.1 Å². The first kappa shape index (κ1) is 13.6. The summed E-state index contributed by atoms with van der Waals surface area (Å²) in [7, 11) is 1.95. The van der Waals surface area contributed by atoms with Gasteiger partial charge in [0.05, 0.1) is 11.2 Å². The van der Waals surface area contributed by atoms with Crippen molar-refractivity contribution in [2.24, 2.45) is 0 Å². The highest BCUT2D eigenvalue weighted by Crippen LogP contribution is 2.30. The third-order valence-corrected chi connectivity index (χ3v) is 3.94. The average molecular weight is 242 g/mol. The van der Waals surface area contributed by atoms with Crippen LogP contribution in [0.4, 0.5) is 0 Å². The second-order valence-corrected chi connectivity index (χ2v) is 5.71. The van der Waals surface area contributed by atoms with Crippen molar-refractivity contribution < 1.29 is 4.74 Å². The summed E-state index contributed by atoms with van der Waals surface area (Å²) in [5.74, 6) is 0. The van der Waals surface area contributed by atoms with Crippen LogP contribution in [0.3, 0.4) is 0 Å². The Morgan fingerprint density at radius 1 is 1.38 bits per heavy atom. The first-order valence-electron chi connectivity index (χ1n) is 5.63. The summed E-state index contributed by atoms with van der Waals surface area (Å²) in [4.78, 5) is 4.67. The Hall–Kier alpha value is -0.450. The van der Waals surface area contributed by atoms with Crippen LogP contribution < -0.4 is 5.32 Å². The fraction of sp³-hybridized carbons (Fsp3) is 0.750. The topological polar surface area (TPSA) is 34.1 Å². The molecule has 0 bridgehead atoms. The number of thiazole rings is 1. The Bertz CT molecular complexity index is 345. The highest BCUT2D eigenvalue weighted by molar-refractivity contribution is 7.09. The molecule has 0 saturated heterocycles. The molecule has 1 N–H and O–H groups in total. The van der Waals surface area contributed by atoms with Crippen LogP contribution >= 0.6 is 11.3 Å². The van der Waals surface area contributed by atoms with Crippen LogP contribution in [0.1, 0.15) is 45.3 Å². The molecule has 0 aliphatic rings. The normalized spacial score (nSPS) is 13.1. The molecule has 0 atom stereocenters. The minimum absolute atomic E-state index is 0.0863. The number of ether oxygens (including phenoxy) is 1. The van der Waals surface area contributed by atoms with Crippen molar-refractivity contribution in [3.8, 4) is 0 Å². The summed E-state index contributed by atoms with van der Waals surface area (Å²) in [6.45, 7) is 11.1. The third kappa shape index (κ3) is 2.81. The van der Waals surface area contributed by atoms with Crippen LogP contribution in [0, 0.1) is 0 Å². The molecule has 0 unspecified atom stereocenters. The maximum atomic E-state index is 5.70. The number of aromatic nitrogens is 1. The Morgan fingerprint density at radius 2 is 2.00 bits per heavy atom. The van der Waals surface area contributed by atoms with Crippen molar-refractivity contribution >= 4 is 11.3 Å². The molecule has 1 rings (SSSR count). The number of hydrogen-bond acceptors (Lipinski definition) is 4. The highest BCUT2D eigenvalue weighted by atomic mass is 32.1. The van der Waals surface area contributed by atoms with E-state index in [9.17, 15) is 0 Å². The van der Waals surface area contributed by atoms with Gasteiger partial charge in [-0.25, -0.2) is 4.98 Å². The molecule has 3 nitrogen and oxygen atoms in total. The van der Waals surface area contributed by atoms with Crippen LogP contribution in [0.15, 0.2) is 5.38 Å². The average Bonchev–Trinajstić information content (AvgIpc) is 2.67. The van der Waals surface area contributed by atoms with Gasteiger partial charge in [0.25, 0.3) is 0 Å². The molecule has 1 aromatic rings. The van der Waals surface area contributed by atoms with E-state index < -0.39 is 0 Å². The van der Waals surface area contributed by atoms with Crippen LogP contribution in [0.5, 0.6) is 0 Å². The van der Waals surface area contributed by atoms with E-state index in [4.69, 9.17) is 4.74 Å². The van der Waals surface area contributed by atoms with Gasteiger partial charge in [-0.05, 0) is 41.7 Å². The van der Waals surface area contributed by atoms with Crippen molar-refractivity contribution in [2.45, 2.75) is 45.8 Å². The minimum Gasteiger partial charge on any atom is -0.369 e. The first-order valence-corrected chi connectivity index (χ1v) is 6.51. The van der Waals surface area contributed by atoms with Gasteiger partial charge in [0, 0.05) is 12.0 Å². The van der Waals surface area contributed by atoms with Gasteiger partial charge >= 0.3 is 0 Å². The van der Waals surface area contributed by atoms with E-state index >= 15 is 0 Å². The molecule has 1 aromatic heterocycles. The maximum Gasteiger partial charge on any atom is 0.124 e. The van der Waals surface area contributed by atoms with E-state index in [1.165, 1.54) is 0 Å². The molecule has 0 fully saturated rings. The molecule has 0 aliphatic heterocycles. The second kappa shape index (κ2) is 4.82. The Kier molecular flexibility index (Phi) is 4.10. The van der Waals surface area contributed by atoms with Crippen LogP contribution in [0.25, 0.3) is 0 Å². The number of hydrogen-bond donors (Lipinski definition) is 1. The zero-order valence-electron chi connectivity index (χ0n) is 11.0. The molecule has 16 heavy (non-hydrogen) atoms. The molecule has 1 heterocycles. The molecular formula is C12H22N2OS. The molecule has 92 valence electrons. The second-order valence-electron chi connectivity index (χ2n) is 4.86. The predicted octanol–water partition coefficient (Wildman–Crippen LogP) is 2.87. The smallest absolute Gasteiger partial charge is 0.124 e. The summed E-state index contributed by atoms with van der Waals surface area (Å²) >= 11 is 1.66. The van der Waals surface area contributed by atoms with E-state index in [0.717, 1.165) is 10.7 Å². The molecular weight excluding hydrogens is 220 g/mol. The van der Waals surface area contributed by atoms with Gasteiger partial charge in [-0.1, -0.05) is 0 Å². The van der Waals surface area contributed by atoms with E-state index in [0.29, 0.717) is 6.61 Å². The van der Waals surface area contributed by atoms with Gasteiger partial charge in [-0.3, -0.25) is 0 Å². The zero-order chi connectivity index (χ0) is 12.4. The predicted molar refractivity (Wildman–Crippen MR) is 68.9 cm³/mol. The lowest BCUT2D eigenvalue weighted by molar-refractivity contribution is -0.0143. The molecule has 0 aliphatic carbocycles. The third-order valence-electron chi connectivity index (χ3n) is 2.79. The number of nitrogens with zero attached hydrogens (tertiary/aromatic N) is 1. The molecule has 4 heteroatoms. The Balaban J connectivity index is 2.95. The SMILES string of the molecule is CCOC(C)(C)c1nc(C(C)(C)NC)cs1. The summed E-state index contributed by atoms with van der Waals surface area (Å²) < 4.78 is 5.70. The molecule has 0 spiro atoms. The summed E-state index contributed by atoms with van der Waals surface area (Å²) in [5.41, 5.74) is 0.696. The lowest BCUT2D eigenvalue weighted by atomic mass is 10.0. The summed E-state index contributed by atoms with van der Waals surface area (Å²) in [6, 6.07) is 0. The number of nitrogens with one attached hydrogen (secondary N) is 1. The van der Waals surface area contributed by atoms with Crippen LogP contribution in [-0.2, 0) is 15.9 Å². The largest absolute Gasteiger partial charge is 0.369 e. The van der Waals surface area contributed by atoms with Gasteiger partial charge < -0.3 is 10.1 Å². The van der Waals surface area contributed by atoms with Crippen molar-refractivity contribution in [1.29, 1.82) is 0 Å². The van der Waals surface area contributed by atoms with E-state index in [1.54, 1.807) is 11.3 Å². The molecule has 0 amide bonds. The van der Waals surface area contributed by atoms with Gasteiger partial charge in [-0.2, -0.15) is 0 Å². The fourth-order valence-corrected chi connectivity index (χ4v) is 2.45. The van der Waals surface area contributed by atoms with Crippen molar-refractivity contribution in [2.75, 3.05) is 13.7 Å². The standard InChI is InChI=1S/C12H22N2OS/c1-7-15-12(4,5)10-14-9(8-16-10)11(2,3)13-6/h8,13H,7H2,1-6H3. The monoisotopic (exact) mass is 242 g/mol. The van der Waals surface area contributed by atoms with Crippen molar-refractivity contribution in [3.63, 3.8) is 0 Å².